The summed E-state index contributed by atoms with van der Waals surface area (Å²) in [6.45, 7) is 6.86. The van der Waals surface area contributed by atoms with Crippen molar-refractivity contribution in [1.82, 2.24) is 9.55 Å². The minimum absolute atomic E-state index is 0.0237. The van der Waals surface area contributed by atoms with E-state index in [2.05, 4.69) is 30.2 Å². The number of nitrogens with zero attached hydrogens (tertiary/aromatic N) is 2. The van der Waals surface area contributed by atoms with E-state index in [1.165, 1.54) is 28.7 Å². The van der Waals surface area contributed by atoms with Crippen LogP contribution in [-0.4, -0.2) is 21.2 Å². The first-order valence-corrected chi connectivity index (χ1v) is 10.9. The number of amides is 1. The summed E-state index contributed by atoms with van der Waals surface area (Å²) < 4.78 is 2.35. The highest BCUT2D eigenvalue weighted by molar-refractivity contribution is 7.99. The topological polar surface area (TPSA) is 64.0 Å². The van der Waals surface area contributed by atoms with E-state index in [1.807, 2.05) is 36.6 Å². The molecule has 1 amide bonds. The van der Waals surface area contributed by atoms with Crippen LogP contribution in [0.2, 0.25) is 0 Å². The lowest BCUT2D eigenvalue weighted by Crippen LogP contribution is -2.23. The molecule has 2 aromatic heterocycles. The molecule has 0 saturated carbocycles. The second-order valence-electron chi connectivity index (χ2n) is 6.60. The van der Waals surface area contributed by atoms with Gasteiger partial charge in [-0.15, -0.1) is 11.3 Å². The van der Waals surface area contributed by atoms with Gasteiger partial charge in [0, 0.05) is 12.2 Å². The van der Waals surface area contributed by atoms with Crippen LogP contribution in [0.15, 0.2) is 45.7 Å². The fourth-order valence-electron chi connectivity index (χ4n) is 2.76. The van der Waals surface area contributed by atoms with Crippen LogP contribution in [0.4, 0.5) is 5.69 Å². The second kappa shape index (κ2) is 8.71. The van der Waals surface area contributed by atoms with Crippen LogP contribution >= 0.6 is 23.1 Å². The van der Waals surface area contributed by atoms with Crippen molar-refractivity contribution in [1.29, 1.82) is 0 Å². The van der Waals surface area contributed by atoms with Crippen molar-refractivity contribution < 1.29 is 4.79 Å². The van der Waals surface area contributed by atoms with E-state index in [0.29, 0.717) is 27.8 Å². The van der Waals surface area contributed by atoms with E-state index in [-0.39, 0.29) is 17.2 Å². The number of thiophene rings is 1. The zero-order valence-electron chi connectivity index (χ0n) is 15.7. The highest BCUT2D eigenvalue weighted by atomic mass is 32.2. The van der Waals surface area contributed by atoms with Crippen LogP contribution < -0.4 is 10.9 Å². The molecule has 0 saturated heterocycles. The standard InChI is InChI=1S/C20H23N3O2S2/c1-4-9-23-19(25)18-16(8-10-26-18)22-20(23)27-12-17(24)21-15-7-5-6-14(11-15)13(2)3/h5-8,10-11,13H,4,9,12H2,1-3H3,(H,21,24). The maximum atomic E-state index is 12.7. The van der Waals surface area contributed by atoms with Gasteiger partial charge in [0.2, 0.25) is 5.91 Å². The predicted octanol–water partition coefficient (Wildman–Crippen LogP) is 4.72. The lowest BCUT2D eigenvalue weighted by atomic mass is 10.0. The molecule has 3 aromatic rings. The number of anilines is 1. The summed E-state index contributed by atoms with van der Waals surface area (Å²) in [5, 5.41) is 5.40. The van der Waals surface area contributed by atoms with Gasteiger partial charge in [-0.2, -0.15) is 0 Å². The third-order valence-corrected chi connectivity index (χ3v) is 6.02. The lowest BCUT2D eigenvalue weighted by Gasteiger charge is -2.12. The van der Waals surface area contributed by atoms with Gasteiger partial charge >= 0.3 is 0 Å². The van der Waals surface area contributed by atoms with Gasteiger partial charge in [0.1, 0.15) is 4.70 Å². The number of carbonyl (C=O) groups excluding carboxylic acids is 1. The predicted molar refractivity (Wildman–Crippen MR) is 114 cm³/mol. The maximum absolute atomic E-state index is 12.7. The van der Waals surface area contributed by atoms with Crippen LogP contribution in [0, 0.1) is 0 Å². The smallest absolute Gasteiger partial charge is 0.272 e. The number of rotatable bonds is 7. The molecule has 0 aliphatic heterocycles. The molecule has 2 heterocycles. The van der Waals surface area contributed by atoms with E-state index in [1.54, 1.807) is 4.57 Å². The molecule has 0 unspecified atom stereocenters. The molecule has 27 heavy (non-hydrogen) atoms. The molecule has 1 N–H and O–H groups in total. The van der Waals surface area contributed by atoms with Crippen molar-refractivity contribution in [3.05, 3.63) is 51.6 Å². The number of fused-ring (bicyclic) bond motifs is 1. The molecule has 5 nitrogen and oxygen atoms in total. The number of hydrogen-bond donors (Lipinski definition) is 1. The molecule has 3 rings (SSSR count). The first kappa shape index (κ1) is 19.6. The average molecular weight is 402 g/mol. The highest BCUT2D eigenvalue weighted by Crippen LogP contribution is 2.22. The Morgan fingerprint density at radius 1 is 1.33 bits per heavy atom. The number of thioether (sulfide) groups is 1. The molecule has 1 aromatic carbocycles. The van der Waals surface area contributed by atoms with Gasteiger partial charge in [-0.3, -0.25) is 14.2 Å². The fourth-order valence-corrected chi connectivity index (χ4v) is 4.36. The quantitative estimate of drug-likeness (QED) is 0.459. The molecule has 0 radical (unpaired) electrons. The van der Waals surface area contributed by atoms with Crippen molar-refractivity contribution in [3.63, 3.8) is 0 Å². The molecule has 0 spiro atoms. The van der Waals surface area contributed by atoms with Crippen molar-refractivity contribution >= 4 is 44.9 Å². The Hall–Kier alpha value is -2.12. The summed E-state index contributed by atoms with van der Waals surface area (Å²) >= 11 is 2.71. The largest absolute Gasteiger partial charge is 0.325 e. The molecular weight excluding hydrogens is 378 g/mol. The molecule has 142 valence electrons. The minimum Gasteiger partial charge on any atom is -0.325 e. The summed E-state index contributed by atoms with van der Waals surface area (Å²) in [6.07, 6.45) is 0.834. The Kier molecular flexibility index (Phi) is 6.34. The average Bonchev–Trinajstić information content (AvgIpc) is 3.11. The zero-order valence-corrected chi connectivity index (χ0v) is 17.3. The third-order valence-electron chi connectivity index (χ3n) is 4.15. The van der Waals surface area contributed by atoms with Gasteiger partial charge in [-0.1, -0.05) is 44.7 Å². The Balaban J connectivity index is 1.74. The first-order chi connectivity index (χ1) is 13.0. The molecule has 7 heteroatoms. The van der Waals surface area contributed by atoms with Gasteiger partial charge in [0.05, 0.1) is 11.3 Å². The minimum atomic E-state index is -0.108. The third kappa shape index (κ3) is 4.59. The SMILES string of the molecule is CCCn1c(SCC(=O)Nc2cccc(C(C)C)c2)nc2ccsc2c1=O. The summed E-state index contributed by atoms with van der Waals surface area (Å²) in [7, 11) is 0. The molecule has 0 fully saturated rings. The Labute approximate surface area is 166 Å². The van der Waals surface area contributed by atoms with Crippen LogP contribution in [0.3, 0.4) is 0 Å². The van der Waals surface area contributed by atoms with Gasteiger partial charge < -0.3 is 5.32 Å². The molecule has 0 atom stereocenters. The lowest BCUT2D eigenvalue weighted by molar-refractivity contribution is -0.113. The maximum Gasteiger partial charge on any atom is 0.272 e. The number of aromatic nitrogens is 2. The zero-order chi connectivity index (χ0) is 19.4. The van der Waals surface area contributed by atoms with E-state index in [0.717, 1.165) is 12.1 Å². The summed E-state index contributed by atoms with van der Waals surface area (Å²) in [5.74, 6) is 0.502. The Morgan fingerprint density at radius 3 is 2.89 bits per heavy atom. The second-order valence-corrected chi connectivity index (χ2v) is 8.46. The summed E-state index contributed by atoms with van der Waals surface area (Å²) in [4.78, 5) is 29.6. The molecular formula is C20H23N3O2S2. The van der Waals surface area contributed by atoms with Crippen LogP contribution in [0.5, 0.6) is 0 Å². The van der Waals surface area contributed by atoms with Crippen molar-refractivity contribution in [2.45, 2.75) is 44.8 Å². The van der Waals surface area contributed by atoms with Crippen LogP contribution in [0.1, 0.15) is 38.7 Å². The summed E-state index contributed by atoms with van der Waals surface area (Å²) in [6, 6.07) is 9.73. The monoisotopic (exact) mass is 401 g/mol. The fraction of sp³-hybridized carbons (Fsp3) is 0.350. The van der Waals surface area contributed by atoms with Gasteiger partial charge in [-0.05, 0) is 41.5 Å². The van der Waals surface area contributed by atoms with Gasteiger partial charge in [0.15, 0.2) is 5.16 Å². The van der Waals surface area contributed by atoms with Crippen LogP contribution in [0.25, 0.3) is 10.2 Å². The summed E-state index contributed by atoms with van der Waals surface area (Å²) in [5.41, 5.74) is 2.65. The molecule has 0 aliphatic rings. The normalized spacial score (nSPS) is 11.3. The number of nitrogens with one attached hydrogen (secondary N) is 1. The van der Waals surface area contributed by atoms with E-state index in [4.69, 9.17) is 0 Å². The van der Waals surface area contributed by atoms with E-state index >= 15 is 0 Å². The van der Waals surface area contributed by atoms with Crippen molar-refractivity contribution in [2.75, 3.05) is 11.1 Å². The first-order valence-electron chi connectivity index (χ1n) is 9.00. The van der Waals surface area contributed by atoms with Gasteiger partial charge in [-0.25, -0.2) is 4.98 Å². The number of benzene rings is 1. The van der Waals surface area contributed by atoms with Crippen molar-refractivity contribution in [3.8, 4) is 0 Å². The van der Waals surface area contributed by atoms with E-state index < -0.39 is 0 Å². The molecule has 0 aliphatic carbocycles. The van der Waals surface area contributed by atoms with E-state index in [9.17, 15) is 9.59 Å². The van der Waals surface area contributed by atoms with Crippen molar-refractivity contribution in [2.24, 2.45) is 0 Å². The van der Waals surface area contributed by atoms with Crippen LogP contribution in [-0.2, 0) is 11.3 Å². The Morgan fingerprint density at radius 2 is 2.15 bits per heavy atom. The number of carbonyl (C=O) groups is 1. The highest BCUT2D eigenvalue weighted by Gasteiger charge is 2.14. The van der Waals surface area contributed by atoms with Gasteiger partial charge in [0.25, 0.3) is 5.56 Å². The Bertz CT molecular complexity index is 1010. The number of hydrogen-bond acceptors (Lipinski definition) is 5. The molecule has 0 bridgehead atoms.